The molecule has 160 valence electrons. The second-order valence-electron chi connectivity index (χ2n) is 6.87. The number of benzene rings is 2. The van der Waals surface area contributed by atoms with E-state index in [1.54, 1.807) is 18.2 Å². The highest BCUT2D eigenvalue weighted by Crippen LogP contribution is 2.28. The average Bonchev–Trinajstić information content (AvgIpc) is 3.21. The average molecular weight is 456 g/mol. The van der Waals surface area contributed by atoms with Crippen LogP contribution in [0.1, 0.15) is 5.56 Å². The number of ether oxygens (including phenoxy) is 1. The predicted molar refractivity (Wildman–Crippen MR) is 117 cm³/mol. The van der Waals surface area contributed by atoms with E-state index in [4.69, 9.17) is 10.00 Å². The molecule has 1 aliphatic heterocycles. The van der Waals surface area contributed by atoms with E-state index in [0.717, 1.165) is 5.56 Å². The van der Waals surface area contributed by atoms with E-state index in [9.17, 15) is 8.42 Å². The summed E-state index contributed by atoms with van der Waals surface area (Å²) >= 11 is 1.30. The van der Waals surface area contributed by atoms with Crippen molar-refractivity contribution in [3.8, 4) is 17.5 Å². The Morgan fingerprint density at radius 2 is 1.84 bits per heavy atom. The van der Waals surface area contributed by atoms with E-state index >= 15 is 0 Å². The second kappa shape index (κ2) is 9.62. The summed E-state index contributed by atoms with van der Waals surface area (Å²) in [6.45, 7) is 1.97. The molecule has 8 nitrogen and oxygen atoms in total. The molecule has 1 aromatic heterocycles. The molecule has 31 heavy (non-hydrogen) atoms. The predicted octanol–water partition coefficient (Wildman–Crippen LogP) is 2.63. The van der Waals surface area contributed by atoms with Crippen LogP contribution in [0.15, 0.2) is 64.6 Å². The maximum Gasteiger partial charge on any atom is 0.243 e. The lowest BCUT2D eigenvalue weighted by Crippen LogP contribution is -2.40. The Balaban J connectivity index is 1.71. The lowest BCUT2D eigenvalue weighted by molar-refractivity contribution is 0.0730. The first-order valence-corrected chi connectivity index (χ1v) is 12.2. The molecule has 0 N–H and O–H groups in total. The molecule has 1 fully saturated rings. The third-order valence-electron chi connectivity index (χ3n) is 4.87. The van der Waals surface area contributed by atoms with E-state index in [0.29, 0.717) is 49.4 Å². The molecule has 0 amide bonds. The van der Waals surface area contributed by atoms with Crippen molar-refractivity contribution in [2.75, 3.05) is 32.1 Å². The van der Waals surface area contributed by atoms with Crippen molar-refractivity contribution in [2.45, 2.75) is 16.6 Å². The van der Waals surface area contributed by atoms with Crippen LogP contribution < -0.4 is 0 Å². The third kappa shape index (κ3) is 4.80. The first-order chi connectivity index (χ1) is 15.1. The summed E-state index contributed by atoms with van der Waals surface area (Å²) in [5.74, 6) is 0.807. The number of aromatic nitrogens is 3. The zero-order valence-electron chi connectivity index (χ0n) is 16.7. The molecule has 10 heteroatoms. The summed E-state index contributed by atoms with van der Waals surface area (Å²) in [7, 11) is -3.62. The number of morpholine rings is 1. The Morgan fingerprint density at radius 3 is 2.58 bits per heavy atom. The van der Waals surface area contributed by atoms with Gasteiger partial charge in [-0.3, -0.25) is 4.57 Å². The van der Waals surface area contributed by atoms with Crippen LogP contribution >= 0.6 is 11.8 Å². The fraction of sp³-hybridized carbons (Fsp3) is 0.286. The lowest BCUT2D eigenvalue weighted by Gasteiger charge is -2.26. The molecule has 4 rings (SSSR count). The maximum atomic E-state index is 13.1. The summed E-state index contributed by atoms with van der Waals surface area (Å²) in [5, 5.41) is 18.2. The zero-order valence-corrected chi connectivity index (χ0v) is 18.3. The quantitative estimate of drug-likeness (QED) is 0.505. The van der Waals surface area contributed by atoms with Crippen molar-refractivity contribution in [2.24, 2.45) is 0 Å². The number of hydrogen-bond acceptors (Lipinski definition) is 7. The molecule has 0 unspecified atom stereocenters. The van der Waals surface area contributed by atoms with E-state index in [1.807, 2.05) is 41.0 Å². The van der Waals surface area contributed by atoms with Crippen molar-refractivity contribution >= 4 is 21.8 Å². The minimum absolute atomic E-state index is 0.215. The summed E-state index contributed by atoms with van der Waals surface area (Å²) in [6.07, 6.45) is 0. The van der Waals surface area contributed by atoms with Crippen LogP contribution in [-0.2, 0) is 21.3 Å². The SMILES string of the molecule is N#CCSc1nnc(-c2cccc(S(=O)(=O)N3CCOCC3)c2)n1Cc1ccccc1. The largest absolute Gasteiger partial charge is 0.379 e. The molecule has 1 saturated heterocycles. The Kier molecular flexibility index (Phi) is 6.67. The van der Waals surface area contributed by atoms with Crippen LogP contribution in [0.3, 0.4) is 0 Å². The minimum Gasteiger partial charge on any atom is -0.379 e. The molecule has 2 aromatic carbocycles. The Bertz CT molecular complexity index is 1180. The molecule has 3 aromatic rings. The van der Waals surface area contributed by atoms with Crippen LogP contribution in [0.25, 0.3) is 11.4 Å². The normalized spacial score (nSPS) is 14.9. The molecule has 0 saturated carbocycles. The molecule has 0 radical (unpaired) electrons. The van der Waals surface area contributed by atoms with Gasteiger partial charge in [0.2, 0.25) is 10.0 Å². The highest BCUT2D eigenvalue weighted by atomic mass is 32.2. The molecule has 0 spiro atoms. The molecule has 0 atom stereocenters. The minimum atomic E-state index is -3.62. The van der Waals surface area contributed by atoms with Gasteiger partial charge in [-0.15, -0.1) is 10.2 Å². The van der Waals surface area contributed by atoms with Crippen LogP contribution in [0.5, 0.6) is 0 Å². The second-order valence-corrected chi connectivity index (χ2v) is 9.75. The van der Waals surface area contributed by atoms with Gasteiger partial charge in [-0.1, -0.05) is 54.2 Å². The topological polar surface area (TPSA) is 101 Å². The summed E-state index contributed by atoms with van der Waals surface area (Å²) < 4.78 is 34.8. The van der Waals surface area contributed by atoms with Gasteiger partial charge >= 0.3 is 0 Å². The van der Waals surface area contributed by atoms with E-state index in [2.05, 4.69) is 16.3 Å². The van der Waals surface area contributed by atoms with Crippen LogP contribution in [0, 0.1) is 11.3 Å². The summed E-state index contributed by atoms with van der Waals surface area (Å²) in [5.41, 5.74) is 1.71. The standard InChI is InChI=1S/C21H21N5O3S2/c22-9-14-30-21-24-23-20(26(21)16-17-5-2-1-3-6-17)18-7-4-8-19(15-18)31(27,28)25-10-12-29-13-11-25/h1-8,15H,10-14,16H2. The van der Waals surface area contributed by atoms with Gasteiger partial charge in [0.15, 0.2) is 11.0 Å². The van der Waals surface area contributed by atoms with Gasteiger partial charge in [0.1, 0.15) is 0 Å². The number of sulfonamides is 1. The smallest absolute Gasteiger partial charge is 0.243 e. The number of rotatable bonds is 7. The molecule has 0 bridgehead atoms. The fourth-order valence-corrected chi connectivity index (χ4v) is 5.40. The monoisotopic (exact) mass is 455 g/mol. The zero-order chi connectivity index (χ0) is 21.7. The van der Waals surface area contributed by atoms with E-state index in [1.165, 1.54) is 16.1 Å². The number of nitrogens with zero attached hydrogens (tertiary/aromatic N) is 5. The van der Waals surface area contributed by atoms with Gasteiger partial charge in [-0.2, -0.15) is 9.57 Å². The van der Waals surface area contributed by atoms with Crippen LogP contribution in [0.4, 0.5) is 0 Å². The molecule has 1 aliphatic rings. The van der Waals surface area contributed by atoms with Crippen LogP contribution in [-0.4, -0.2) is 59.5 Å². The first kappa shape index (κ1) is 21.5. The van der Waals surface area contributed by atoms with Crippen molar-refractivity contribution < 1.29 is 13.2 Å². The van der Waals surface area contributed by atoms with Gasteiger partial charge in [0, 0.05) is 18.7 Å². The molecular weight excluding hydrogens is 434 g/mol. The van der Waals surface area contributed by atoms with Crippen LogP contribution in [0.2, 0.25) is 0 Å². The van der Waals surface area contributed by atoms with Crippen molar-refractivity contribution in [3.63, 3.8) is 0 Å². The van der Waals surface area contributed by atoms with E-state index in [-0.39, 0.29) is 10.6 Å². The number of hydrogen-bond donors (Lipinski definition) is 0. The highest BCUT2D eigenvalue weighted by molar-refractivity contribution is 7.99. The molecular formula is C21H21N5O3S2. The Morgan fingerprint density at radius 1 is 1.06 bits per heavy atom. The van der Waals surface area contributed by atoms with Gasteiger partial charge in [0.25, 0.3) is 0 Å². The van der Waals surface area contributed by atoms with Gasteiger partial charge in [-0.25, -0.2) is 8.42 Å². The molecule has 0 aliphatic carbocycles. The summed E-state index contributed by atoms with van der Waals surface area (Å²) in [6, 6.07) is 18.7. The van der Waals surface area contributed by atoms with Gasteiger partial charge in [-0.05, 0) is 17.7 Å². The van der Waals surface area contributed by atoms with Gasteiger partial charge < -0.3 is 4.74 Å². The lowest BCUT2D eigenvalue weighted by atomic mass is 10.2. The van der Waals surface area contributed by atoms with Gasteiger partial charge in [0.05, 0.1) is 36.5 Å². The third-order valence-corrected chi connectivity index (χ3v) is 7.59. The maximum absolute atomic E-state index is 13.1. The van der Waals surface area contributed by atoms with Crippen molar-refractivity contribution in [1.82, 2.24) is 19.1 Å². The summed E-state index contributed by atoms with van der Waals surface area (Å²) in [4.78, 5) is 0.215. The Hall–Kier alpha value is -2.71. The number of thioether (sulfide) groups is 1. The van der Waals surface area contributed by atoms with Crippen molar-refractivity contribution in [3.05, 3.63) is 60.2 Å². The Labute approximate surface area is 185 Å². The fourth-order valence-electron chi connectivity index (χ4n) is 3.35. The highest BCUT2D eigenvalue weighted by Gasteiger charge is 2.27. The first-order valence-electron chi connectivity index (χ1n) is 9.75. The number of nitriles is 1. The van der Waals surface area contributed by atoms with E-state index < -0.39 is 10.0 Å². The molecule has 2 heterocycles. The van der Waals surface area contributed by atoms with Crippen molar-refractivity contribution in [1.29, 1.82) is 5.26 Å².